The molecular formula is C19H16FNO2S3. The van der Waals surface area contributed by atoms with E-state index in [4.69, 9.17) is 5.11 Å². The number of carbonyl (C=O) groups is 1. The van der Waals surface area contributed by atoms with Gasteiger partial charge in [0.2, 0.25) is 0 Å². The molecule has 7 heteroatoms. The van der Waals surface area contributed by atoms with Gasteiger partial charge in [0.05, 0.1) is 15.6 Å². The molecular weight excluding hydrogens is 389 g/mol. The van der Waals surface area contributed by atoms with Gasteiger partial charge < -0.3 is 10.4 Å². The lowest BCUT2D eigenvalue weighted by molar-refractivity contribution is 0.194. The van der Waals surface area contributed by atoms with Crippen LogP contribution < -0.4 is 5.32 Å². The topological polar surface area (TPSA) is 49.3 Å². The number of nitrogens with one attached hydrogen (secondary N) is 1. The highest BCUT2D eigenvalue weighted by Crippen LogP contribution is 2.38. The zero-order chi connectivity index (χ0) is 18.5. The summed E-state index contributed by atoms with van der Waals surface area (Å²) in [5, 5.41) is 10.9. The first-order chi connectivity index (χ1) is 12.5. The monoisotopic (exact) mass is 405 g/mol. The number of amides is 1. The minimum Gasteiger partial charge on any atom is -0.465 e. The van der Waals surface area contributed by atoms with Crippen LogP contribution in [-0.4, -0.2) is 17.5 Å². The molecule has 3 aromatic rings. The predicted octanol–water partition coefficient (Wildman–Crippen LogP) is 6.19. The summed E-state index contributed by atoms with van der Waals surface area (Å²) in [6.45, 7) is -0.0213. The Bertz CT molecular complexity index is 912. The van der Waals surface area contributed by atoms with Crippen molar-refractivity contribution < 1.29 is 14.3 Å². The second-order valence-corrected chi connectivity index (χ2v) is 8.75. The summed E-state index contributed by atoms with van der Waals surface area (Å²) < 4.78 is 14.8. The highest BCUT2D eigenvalue weighted by atomic mass is 32.2. The molecule has 26 heavy (non-hydrogen) atoms. The molecule has 0 saturated heterocycles. The highest BCUT2D eigenvalue weighted by molar-refractivity contribution is 8.01. The number of thioether (sulfide) groups is 1. The first-order valence-corrected chi connectivity index (χ1v) is 10.6. The van der Waals surface area contributed by atoms with Gasteiger partial charge in [-0.05, 0) is 41.6 Å². The van der Waals surface area contributed by atoms with Gasteiger partial charge in [-0.2, -0.15) is 0 Å². The van der Waals surface area contributed by atoms with Crippen LogP contribution in [0.25, 0.3) is 11.1 Å². The maximum Gasteiger partial charge on any atom is 0.404 e. The van der Waals surface area contributed by atoms with Crippen molar-refractivity contribution in [3.05, 3.63) is 65.3 Å². The summed E-state index contributed by atoms with van der Waals surface area (Å²) in [7, 11) is 0. The van der Waals surface area contributed by atoms with Crippen molar-refractivity contribution in [3.8, 4) is 11.1 Å². The fraction of sp³-hybridized carbons (Fsp3) is 0.105. The molecule has 0 saturated carbocycles. The van der Waals surface area contributed by atoms with Crippen LogP contribution in [0, 0.1) is 5.82 Å². The summed E-state index contributed by atoms with van der Waals surface area (Å²) >= 11 is 4.41. The number of thiophene rings is 1. The maximum atomic E-state index is 14.0. The number of halogens is 1. The summed E-state index contributed by atoms with van der Waals surface area (Å²) in [4.78, 5) is 13.1. The number of hydrogen-bond acceptors (Lipinski definition) is 4. The Labute approximate surface area is 163 Å². The van der Waals surface area contributed by atoms with Crippen molar-refractivity contribution in [2.75, 3.05) is 6.26 Å². The molecule has 0 aliphatic rings. The minimum absolute atomic E-state index is 0.0213. The predicted molar refractivity (Wildman–Crippen MR) is 107 cm³/mol. The average molecular weight is 406 g/mol. The first kappa shape index (κ1) is 18.8. The zero-order valence-electron chi connectivity index (χ0n) is 13.9. The van der Waals surface area contributed by atoms with E-state index in [-0.39, 0.29) is 12.4 Å². The second-order valence-electron chi connectivity index (χ2n) is 5.36. The molecule has 2 aromatic carbocycles. The third kappa shape index (κ3) is 4.81. The van der Waals surface area contributed by atoms with Crippen LogP contribution in [0.5, 0.6) is 0 Å². The first-order valence-electron chi connectivity index (χ1n) is 7.72. The molecule has 1 aromatic heterocycles. The molecule has 2 N–H and O–H groups in total. The smallest absolute Gasteiger partial charge is 0.404 e. The van der Waals surface area contributed by atoms with Crippen molar-refractivity contribution in [2.45, 2.75) is 20.5 Å². The summed E-state index contributed by atoms with van der Waals surface area (Å²) in [6, 6.07) is 17.9. The summed E-state index contributed by atoms with van der Waals surface area (Å²) in [6.07, 6.45) is 0.867. The van der Waals surface area contributed by atoms with E-state index >= 15 is 0 Å². The van der Waals surface area contributed by atoms with E-state index < -0.39 is 6.09 Å². The van der Waals surface area contributed by atoms with Gasteiger partial charge in [0.15, 0.2) is 0 Å². The normalized spacial score (nSPS) is 10.7. The van der Waals surface area contributed by atoms with Crippen LogP contribution in [0.4, 0.5) is 9.18 Å². The van der Waals surface area contributed by atoms with Crippen LogP contribution in [-0.2, 0) is 6.54 Å². The van der Waals surface area contributed by atoms with Crippen LogP contribution in [0.3, 0.4) is 0 Å². The van der Waals surface area contributed by atoms with Crippen molar-refractivity contribution in [1.29, 1.82) is 0 Å². The van der Waals surface area contributed by atoms with Crippen LogP contribution in [0.15, 0.2) is 68.6 Å². The van der Waals surface area contributed by atoms with Gasteiger partial charge in [-0.3, -0.25) is 0 Å². The van der Waals surface area contributed by atoms with Gasteiger partial charge in [0.25, 0.3) is 0 Å². The zero-order valence-corrected chi connectivity index (χ0v) is 16.3. The molecule has 0 aliphatic heterocycles. The SMILES string of the molecule is CSc1cc(Sc2cc(F)c(CNC(=O)O)s2)cc(-c2ccccc2)c1. The summed E-state index contributed by atoms with van der Waals surface area (Å²) in [5.41, 5.74) is 2.25. The van der Waals surface area contributed by atoms with Gasteiger partial charge in [0.1, 0.15) is 5.82 Å². The molecule has 0 aliphatic carbocycles. The van der Waals surface area contributed by atoms with E-state index in [0.717, 1.165) is 25.1 Å². The Kier molecular flexibility index (Phi) is 6.24. The molecule has 1 amide bonds. The Morgan fingerprint density at radius 1 is 1.12 bits per heavy atom. The largest absolute Gasteiger partial charge is 0.465 e. The molecule has 3 rings (SSSR count). The minimum atomic E-state index is -1.16. The number of benzene rings is 2. The van der Waals surface area contributed by atoms with Crippen molar-refractivity contribution >= 4 is 41.0 Å². The Balaban J connectivity index is 1.86. The fourth-order valence-electron chi connectivity index (χ4n) is 2.37. The average Bonchev–Trinajstić information content (AvgIpc) is 2.99. The molecule has 0 bridgehead atoms. The van der Waals surface area contributed by atoms with E-state index in [1.807, 2.05) is 24.5 Å². The number of rotatable bonds is 6. The van der Waals surface area contributed by atoms with Crippen molar-refractivity contribution in [1.82, 2.24) is 5.32 Å². The van der Waals surface area contributed by atoms with E-state index in [2.05, 4.69) is 35.6 Å². The summed E-state index contributed by atoms with van der Waals surface area (Å²) in [5.74, 6) is -0.379. The number of carboxylic acid groups (broad SMARTS) is 1. The second kappa shape index (κ2) is 8.62. The molecule has 134 valence electrons. The third-order valence-corrected chi connectivity index (χ3v) is 6.48. The van der Waals surface area contributed by atoms with Crippen molar-refractivity contribution in [2.24, 2.45) is 0 Å². The van der Waals surface area contributed by atoms with Gasteiger partial charge in [0, 0.05) is 9.79 Å². The lowest BCUT2D eigenvalue weighted by Crippen LogP contribution is -2.19. The lowest BCUT2D eigenvalue weighted by Gasteiger charge is -2.08. The van der Waals surface area contributed by atoms with Gasteiger partial charge in [-0.1, -0.05) is 42.1 Å². The fourth-order valence-corrected chi connectivity index (χ4v) is 5.17. The van der Waals surface area contributed by atoms with Crippen LogP contribution in [0.1, 0.15) is 4.88 Å². The highest BCUT2D eigenvalue weighted by Gasteiger charge is 2.12. The molecule has 0 spiro atoms. The van der Waals surface area contributed by atoms with Crippen molar-refractivity contribution in [3.63, 3.8) is 0 Å². The van der Waals surface area contributed by atoms with Gasteiger partial charge >= 0.3 is 6.09 Å². The molecule has 0 radical (unpaired) electrons. The lowest BCUT2D eigenvalue weighted by atomic mass is 10.1. The molecule has 0 fully saturated rings. The standard InChI is InChI=1S/C19H16FNO2S3/c1-24-14-7-13(12-5-3-2-4-6-12)8-15(9-14)25-18-10-16(20)17(26-18)11-21-19(22)23/h2-10,21H,11H2,1H3,(H,22,23). The van der Waals surface area contributed by atoms with Crippen LogP contribution in [0.2, 0.25) is 0 Å². The number of hydrogen-bond donors (Lipinski definition) is 2. The quantitative estimate of drug-likeness (QED) is 0.480. The van der Waals surface area contributed by atoms with Crippen LogP contribution >= 0.6 is 34.9 Å². The molecule has 0 atom stereocenters. The molecule has 0 unspecified atom stereocenters. The van der Waals surface area contributed by atoms with Gasteiger partial charge in [-0.25, -0.2) is 9.18 Å². The Hall–Kier alpha value is -1.96. The van der Waals surface area contributed by atoms with E-state index in [0.29, 0.717) is 4.88 Å². The van der Waals surface area contributed by atoms with E-state index in [1.165, 1.54) is 29.2 Å². The molecule has 3 nitrogen and oxygen atoms in total. The Morgan fingerprint density at radius 2 is 1.85 bits per heavy atom. The van der Waals surface area contributed by atoms with E-state index in [1.54, 1.807) is 11.8 Å². The third-order valence-electron chi connectivity index (χ3n) is 3.58. The van der Waals surface area contributed by atoms with Gasteiger partial charge in [-0.15, -0.1) is 23.1 Å². The van der Waals surface area contributed by atoms with E-state index in [9.17, 15) is 9.18 Å². The molecule has 1 heterocycles. The Morgan fingerprint density at radius 3 is 2.54 bits per heavy atom. The maximum absolute atomic E-state index is 14.0.